The first kappa shape index (κ1) is 22.7. The molecule has 1 aliphatic heterocycles. The van der Waals surface area contributed by atoms with Gasteiger partial charge in [-0.2, -0.15) is 18.3 Å². The molecular formula is C19H25F3N4O3. The fraction of sp³-hybridized carbons (Fsp3) is 0.474. The summed E-state index contributed by atoms with van der Waals surface area (Å²) in [5.74, 6) is -1.89. The molecular weight excluding hydrogens is 389 g/mol. The highest BCUT2D eigenvalue weighted by molar-refractivity contribution is 5.73. The molecule has 0 aliphatic carbocycles. The predicted octanol–water partition coefficient (Wildman–Crippen LogP) is 2.89. The molecule has 29 heavy (non-hydrogen) atoms. The summed E-state index contributed by atoms with van der Waals surface area (Å²) in [6.45, 7) is 6.08. The van der Waals surface area contributed by atoms with E-state index in [4.69, 9.17) is 20.4 Å². The van der Waals surface area contributed by atoms with Gasteiger partial charge in [0.15, 0.2) is 0 Å². The number of carboxylic acid groups (broad SMARTS) is 1. The van der Waals surface area contributed by atoms with Crippen molar-refractivity contribution < 1.29 is 27.8 Å². The maximum atomic E-state index is 10.6. The third-order valence-corrected chi connectivity index (χ3v) is 4.86. The molecule has 2 aromatic rings. The normalized spacial score (nSPS) is 19.5. The van der Waals surface area contributed by atoms with Crippen molar-refractivity contribution in [2.75, 3.05) is 26.7 Å². The Kier molecular flexibility index (Phi) is 7.26. The van der Waals surface area contributed by atoms with E-state index in [-0.39, 0.29) is 5.41 Å². The van der Waals surface area contributed by atoms with Gasteiger partial charge in [-0.1, -0.05) is 6.92 Å². The van der Waals surface area contributed by atoms with Crippen LogP contribution in [0, 0.1) is 5.41 Å². The Bertz CT molecular complexity index is 808. The molecule has 0 spiro atoms. The van der Waals surface area contributed by atoms with Gasteiger partial charge in [-0.25, -0.2) is 4.79 Å². The third-order valence-electron chi connectivity index (χ3n) is 4.86. The number of H-pyrrole nitrogens is 1. The van der Waals surface area contributed by atoms with E-state index in [0.29, 0.717) is 0 Å². The predicted molar refractivity (Wildman–Crippen MR) is 101 cm³/mol. The minimum atomic E-state index is -5.08. The molecule has 1 saturated heterocycles. The number of benzene rings is 1. The maximum absolute atomic E-state index is 10.6. The van der Waals surface area contributed by atoms with Crippen molar-refractivity contribution in [3.63, 3.8) is 0 Å². The number of ether oxygens (including phenoxy) is 1. The van der Waals surface area contributed by atoms with E-state index < -0.39 is 12.1 Å². The largest absolute Gasteiger partial charge is 0.497 e. The van der Waals surface area contributed by atoms with E-state index in [2.05, 4.69) is 34.2 Å². The second-order valence-corrected chi connectivity index (χ2v) is 7.28. The number of nitrogens with zero attached hydrogens (tertiary/aromatic N) is 2. The topological polar surface area (TPSA) is 104 Å². The number of alkyl halides is 3. The van der Waals surface area contributed by atoms with Crippen LogP contribution in [0.15, 0.2) is 30.5 Å². The van der Waals surface area contributed by atoms with E-state index in [1.54, 1.807) is 7.11 Å². The molecule has 10 heteroatoms. The lowest BCUT2D eigenvalue weighted by Gasteiger charge is -2.22. The van der Waals surface area contributed by atoms with Gasteiger partial charge in [0.05, 0.1) is 19.0 Å². The molecule has 1 aliphatic rings. The summed E-state index contributed by atoms with van der Waals surface area (Å²) in [6, 6.07) is 8.07. The van der Waals surface area contributed by atoms with Crippen LogP contribution < -0.4 is 10.5 Å². The number of methoxy groups -OCH3 is 1. The van der Waals surface area contributed by atoms with Gasteiger partial charge in [0, 0.05) is 24.2 Å². The molecule has 1 fully saturated rings. The molecule has 0 bridgehead atoms. The number of halogens is 3. The van der Waals surface area contributed by atoms with Crippen molar-refractivity contribution >= 4 is 5.97 Å². The minimum absolute atomic E-state index is 0.254. The van der Waals surface area contributed by atoms with Crippen molar-refractivity contribution in [3.05, 3.63) is 36.0 Å². The zero-order valence-electron chi connectivity index (χ0n) is 16.3. The number of carbonyl (C=O) groups is 1. The molecule has 2 heterocycles. The average molecular weight is 414 g/mol. The summed E-state index contributed by atoms with van der Waals surface area (Å²) in [7, 11) is 1.68. The first-order chi connectivity index (χ1) is 13.6. The van der Waals surface area contributed by atoms with Gasteiger partial charge in [0.2, 0.25) is 0 Å². The van der Waals surface area contributed by atoms with E-state index in [1.165, 1.54) is 12.0 Å². The van der Waals surface area contributed by atoms with Crippen LogP contribution in [-0.4, -0.2) is 59.1 Å². The average Bonchev–Trinajstić information content (AvgIpc) is 3.29. The van der Waals surface area contributed by atoms with Crippen LogP contribution in [0.2, 0.25) is 0 Å². The second kappa shape index (κ2) is 9.27. The lowest BCUT2D eigenvalue weighted by Crippen LogP contribution is -2.31. The van der Waals surface area contributed by atoms with E-state index in [1.807, 2.05) is 18.3 Å². The fourth-order valence-corrected chi connectivity index (χ4v) is 3.11. The molecule has 7 nitrogen and oxygen atoms in total. The molecule has 0 amide bonds. The SMILES string of the molecule is COc1ccc(-c2[nH]ncc2CN2CCC(C)(CN)C2)cc1.O=C(O)C(F)(F)F. The van der Waals surface area contributed by atoms with Crippen LogP contribution in [0.3, 0.4) is 0 Å². The van der Waals surface area contributed by atoms with Crippen molar-refractivity contribution in [3.8, 4) is 17.0 Å². The van der Waals surface area contributed by atoms with Gasteiger partial charge in [0.25, 0.3) is 0 Å². The molecule has 1 aromatic heterocycles. The molecule has 0 radical (unpaired) electrons. The van der Waals surface area contributed by atoms with Gasteiger partial charge in [0.1, 0.15) is 5.75 Å². The second-order valence-electron chi connectivity index (χ2n) is 7.28. The van der Waals surface area contributed by atoms with Crippen LogP contribution in [-0.2, 0) is 11.3 Å². The monoisotopic (exact) mass is 414 g/mol. The summed E-state index contributed by atoms with van der Waals surface area (Å²) >= 11 is 0. The number of nitrogens with two attached hydrogens (primary N) is 1. The first-order valence-corrected chi connectivity index (χ1v) is 8.97. The van der Waals surface area contributed by atoms with Crippen molar-refractivity contribution in [2.45, 2.75) is 26.1 Å². The summed E-state index contributed by atoms with van der Waals surface area (Å²) in [5, 5.41) is 14.5. The van der Waals surface area contributed by atoms with Crippen LogP contribution in [0.5, 0.6) is 5.75 Å². The van der Waals surface area contributed by atoms with Gasteiger partial charge >= 0.3 is 12.1 Å². The molecule has 1 aromatic carbocycles. The highest BCUT2D eigenvalue weighted by Crippen LogP contribution is 2.31. The smallest absolute Gasteiger partial charge is 0.490 e. The summed E-state index contributed by atoms with van der Waals surface area (Å²) in [5.41, 5.74) is 9.60. The van der Waals surface area contributed by atoms with Gasteiger partial charge in [-0.3, -0.25) is 10.00 Å². The number of hydrogen-bond donors (Lipinski definition) is 3. The number of aliphatic carboxylic acids is 1. The zero-order valence-corrected chi connectivity index (χ0v) is 16.3. The van der Waals surface area contributed by atoms with Crippen LogP contribution >= 0.6 is 0 Å². The molecule has 160 valence electrons. The van der Waals surface area contributed by atoms with Crippen molar-refractivity contribution in [1.29, 1.82) is 0 Å². The number of likely N-dealkylation sites (tertiary alicyclic amines) is 1. The Labute approximate surface area is 166 Å². The van der Waals surface area contributed by atoms with Crippen molar-refractivity contribution in [2.24, 2.45) is 11.1 Å². The highest BCUT2D eigenvalue weighted by Gasteiger charge is 2.38. The molecule has 1 unspecified atom stereocenters. The number of hydrogen-bond acceptors (Lipinski definition) is 5. The third kappa shape index (κ3) is 6.20. The highest BCUT2D eigenvalue weighted by atomic mass is 19.4. The summed E-state index contributed by atoms with van der Waals surface area (Å²) < 4.78 is 36.9. The van der Waals surface area contributed by atoms with Crippen LogP contribution in [0.1, 0.15) is 18.9 Å². The Morgan fingerprint density at radius 3 is 2.48 bits per heavy atom. The Morgan fingerprint density at radius 2 is 2.00 bits per heavy atom. The van der Waals surface area contributed by atoms with Gasteiger partial charge in [-0.05, 0) is 49.2 Å². The molecule has 4 N–H and O–H groups in total. The Morgan fingerprint density at radius 1 is 1.38 bits per heavy atom. The molecule has 0 saturated carbocycles. The number of rotatable bonds is 5. The zero-order chi connectivity index (χ0) is 21.7. The minimum Gasteiger partial charge on any atom is -0.497 e. The lowest BCUT2D eigenvalue weighted by molar-refractivity contribution is -0.192. The van der Waals surface area contributed by atoms with Crippen LogP contribution in [0.25, 0.3) is 11.3 Å². The fourth-order valence-electron chi connectivity index (χ4n) is 3.11. The molecule has 3 rings (SSSR count). The van der Waals surface area contributed by atoms with E-state index in [9.17, 15) is 13.2 Å². The van der Waals surface area contributed by atoms with Gasteiger partial charge < -0.3 is 15.6 Å². The number of aromatic nitrogens is 2. The first-order valence-electron chi connectivity index (χ1n) is 8.97. The Hall–Kier alpha value is -2.59. The molecule has 1 atom stereocenters. The van der Waals surface area contributed by atoms with Gasteiger partial charge in [-0.15, -0.1) is 0 Å². The number of carboxylic acids is 1. The standard InChI is InChI=1S/C17H24N4O.C2HF3O2/c1-17(11-18)7-8-21(12-17)10-14-9-19-20-16(14)13-3-5-15(22-2)6-4-13;3-2(4,5)1(6)7/h3-6,9H,7-8,10-12,18H2,1-2H3,(H,19,20);(H,6,7). The summed E-state index contributed by atoms with van der Waals surface area (Å²) in [6.07, 6.45) is -1.99. The van der Waals surface area contributed by atoms with Crippen LogP contribution in [0.4, 0.5) is 13.2 Å². The quantitative estimate of drug-likeness (QED) is 0.695. The van der Waals surface area contributed by atoms with E-state index in [0.717, 1.165) is 43.2 Å². The number of aromatic amines is 1. The summed E-state index contributed by atoms with van der Waals surface area (Å²) in [4.78, 5) is 11.4. The number of nitrogens with one attached hydrogen (secondary N) is 1. The maximum Gasteiger partial charge on any atom is 0.490 e. The lowest BCUT2D eigenvalue weighted by atomic mass is 9.90. The van der Waals surface area contributed by atoms with E-state index >= 15 is 0 Å². The van der Waals surface area contributed by atoms with Crippen molar-refractivity contribution in [1.82, 2.24) is 15.1 Å². The Balaban J connectivity index is 0.000000370.